The molecular weight excluding hydrogens is 192 g/mol. The standard InChI is InChI=1S/C8H10O6/c1-13-7(11)4-5(3-6(9)10)8(12)14-2/h3H,4H2,1-2H3,(H,9,10)/b5-3+. The normalized spacial score (nSPS) is 10.6. The smallest absolute Gasteiger partial charge is 0.334 e. The molecule has 0 saturated heterocycles. The van der Waals surface area contributed by atoms with Gasteiger partial charge in [0.25, 0.3) is 0 Å². The van der Waals surface area contributed by atoms with Crippen molar-refractivity contribution < 1.29 is 29.0 Å². The summed E-state index contributed by atoms with van der Waals surface area (Å²) in [4.78, 5) is 32.0. The minimum Gasteiger partial charge on any atom is -0.478 e. The highest BCUT2D eigenvalue weighted by molar-refractivity contribution is 5.99. The number of carbonyl (C=O) groups excluding carboxylic acids is 2. The van der Waals surface area contributed by atoms with Gasteiger partial charge < -0.3 is 14.6 Å². The van der Waals surface area contributed by atoms with Gasteiger partial charge in [-0.05, 0) is 0 Å². The van der Waals surface area contributed by atoms with E-state index in [2.05, 4.69) is 9.47 Å². The summed E-state index contributed by atoms with van der Waals surface area (Å²) in [6.07, 6.45) is 0.193. The monoisotopic (exact) mass is 202 g/mol. The number of methoxy groups -OCH3 is 2. The molecule has 0 bridgehead atoms. The molecule has 0 aliphatic heterocycles. The van der Waals surface area contributed by atoms with E-state index in [9.17, 15) is 14.4 Å². The van der Waals surface area contributed by atoms with Crippen molar-refractivity contribution in [1.29, 1.82) is 0 Å². The SMILES string of the molecule is COC(=O)C/C(=C\C(=O)O)C(=O)OC. The molecule has 0 spiro atoms. The summed E-state index contributed by atoms with van der Waals surface area (Å²) >= 11 is 0. The number of esters is 2. The van der Waals surface area contributed by atoms with Crippen LogP contribution in [0.25, 0.3) is 0 Å². The lowest BCUT2D eigenvalue weighted by atomic mass is 10.2. The van der Waals surface area contributed by atoms with Crippen molar-refractivity contribution in [2.75, 3.05) is 14.2 Å². The topological polar surface area (TPSA) is 89.9 Å². The van der Waals surface area contributed by atoms with E-state index in [4.69, 9.17) is 5.11 Å². The molecule has 0 atom stereocenters. The van der Waals surface area contributed by atoms with Gasteiger partial charge in [0, 0.05) is 6.08 Å². The average Bonchev–Trinajstić information content (AvgIpc) is 2.14. The molecule has 0 fully saturated rings. The minimum atomic E-state index is -1.32. The predicted molar refractivity (Wildman–Crippen MR) is 44.4 cm³/mol. The van der Waals surface area contributed by atoms with Gasteiger partial charge in [0.15, 0.2) is 0 Å². The van der Waals surface area contributed by atoms with Gasteiger partial charge in [0.2, 0.25) is 0 Å². The second-order valence-corrected chi connectivity index (χ2v) is 2.25. The number of rotatable bonds is 4. The van der Waals surface area contributed by atoms with Crippen molar-refractivity contribution in [3.8, 4) is 0 Å². The Balaban J connectivity index is 4.65. The van der Waals surface area contributed by atoms with Gasteiger partial charge in [-0.1, -0.05) is 0 Å². The van der Waals surface area contributed by atoms with Gasteiger partial charge in [-0.25, -0.2) is 9.59 Å². The summed E-state index contributed by atoms with van der Waals surface area (Å²) < 4.78 is 8.56. The van der Waals surface area contributed by atoms with Crippen molar-refractivity contribution in [2.45, 2.75) is 6.42 Å². The lowest BCUT2D eigenvalue weighted by molar-refractivity contribution is -0.143. The lowest BCUT2D eigenvalue weighted by Crippen LogP contribution is -2.12. The summed E-state index contributed by atoms with van der Waals surface area (Å²) in [5.41, 5.74) is -0.258. The molecule has 0 rings (SSSR count). The van der Waals surface area contributed by atoms with Crippen LogP contribution in [0.15, 0.2) is 11.6 Å². The zero-order valence-electron chi connectivity index (χ0n) is 7.77. The summed E-state index contributed by atoms with van der Waals surface area (Å²) in [5.74, 6) is -2.89. The van der Waals surface area contributed by atoms with Gasteiger partial charge in [0.1, 0.15) is 0 Å². The third-order valence-corrected chi connectivity index (χ3v) is 1.31. The number of carboxylic acids is 1. The molecule has 0 unspecified atom stereocenters. The molecule has 0 amide bonds. The van der Waals surface area contributed by atoms with Crippen molar-refractivity contribution >= 4 is 17.9 Å². The van der Waals surface area contributed by atoms with E-state index in [1.54, 1.807) is 0 Å². The van der Waals surface area contributed by atoms with E-state index in [-0.39, 0.29) is 5.57 Å². The third-order valence-electron chi connectivity index (χ3n) is 1.31. The average molecular weight is 202 g/mol. The van der Waals surface area contributed by atoms with Crippen LogP contribution < -0.4 is 0 Å². The zero-order valence-corrected chi connectivity index (χ0v) is 7.77. The maximum Gasteiger partial charge on any atom is 0.334 e. The van der Waals surface area contributed by atoms with Gasteiger partial charge in [0.05, 0.1) is 26.2 Å². The summed E-state index contributed by atoms with van der Waals surface area (Å²) in [5, 5.41) is 8.38. The van der Waals surface area contributed by atoms with E-state index >= 15 is 0 Å². The largest absolute Gasteiger partial charge is 0.478 e. The Morgan fingerprint density at radius 2 is 1.79 bits per heavy atom. The molecule has 78 valence electrons. The number of hydrogen-bond donors (Lipinski definition) is 1. The van der Waals surface area contributed by atoms with E-state index in [0.717, 1.165) is 14.2 Å². The molecule has 0 saturated carbocycles. The predicted octanol–water partition coefficient (Wildman–Crippen LogP) is -0.266. The first-order valence-corrected chi connectivity index (χ1v) is 3.60. The Kier molecular flexibility index (Phi) is 4.98. The van der Waals surface area contributed by atoms with Gasteiger partial charge >= 0.3 is 17.9 Å². The van der Waals surface area contributed by atoms with E-state index < -0.39 is 24.3 Å². The molecule has 0 aliphatic rings. The quantitative estimate of drug-likeness (QED) is 0.498. The molecule has 0 radical (unpaired) electrons. The van der Waals surface area contributed by atoms with Crippen molar-refractivity contribution in [1.82, 2.24) is 0 Å². The zero-order chi connectivity index (χ0) is 11.1. The molecule has 14 heavy (non-hydrogen) atoms. The van der Waals surface area contributed by atoms with Gasteiger partial charge in [-0.15, -0.1) is 0 Å². The molecule has 0 aliphatic carbocycles. The maximum absolute atomic E-state index is 10.9. The molecule has 0 aromatic heterocycles. The summed E-state index contributed by atoms with van der Waals surface area (Å²) in [6.45, 7) is 0. The molecule has 0 aromatic carbocycles. The van der Waals surface area contributed by atoms with Crippen molar-refractivity contribution in [2.24, 2.45) is 0 Å². The Labute approximate surface area is 80.1 Å². The van der Waals surface area contributed by atoms with Crippen LogP contribution in [0, 0.1) is 0 Å². The number of hydrogen-bond acceptors (Lipinski definition) is 5. The molecule has 0 heterocycles. The van der Waals surface area contributed by atoms with Crippen LogP contribution in [0.4, 0.5) is 0 Å². The van der Waals surface area contributed by atoms with Crippen LogP contribution in [0.1, 0.15) is 6.42 Å². The number of carboxylic acid groups (broad SMARTS) is 1. The van der Waals surface area contributed by atoms with Crippen molar-refractivity contribution in [3.05, 3.63) is 11.6 Å². The van der Waals surface area contributed by atoms with Crippen LogP contribution in [-0.2, 0) is 23.9 Å². The fraction of sp³-hybridized carbons (Fsp3) is 0.375. The molecule has 6 nitrogen and oxygen atoms in total. The molecule has 6 heteroatoms. The van der Waals surface area contributed by atoms with E-state index in [1.807, 2.05) is 0 Å². The Bertz CT molecular complexity index is 278. The van der Waals surface area contributed by atoms with Crippen LogP contribution in [-0.4, -0.2) is 37.2 Å². The number of ether oxygens (including phenoxy) is 2. The highest BCUT2D eigenvalue weighted by Gasteiger charge is 2.15. The van der Waals surface area contributed by atoms with Crippen LogP contribution >= 0.6 is 0 Å². The second-order valence-electron chi connectivity index (χ2n) is 2.25. The molecule has 1 N–H and O–H groups in total. The van der Waals surface area contributed by atoms with Crippen molar-refractivity contribution in [3.63, 3.8) is 0 Å². The van der Waals surface area contributed by atoms with Crippen LogP contribution in [0.3, 0.4) is 0 Å². The Hall–Kier alpha value is -1.85. The Morgan fingerprint density at radius 3 is 2.14 bits per heavy atom. The summed E-state index contributed by atoms with van der Waals surface area (Å²) in [6, 6.07) is 0. The van der Waals surface area contributed by atoms with Crippen LogP contribution in [0.5, 0.6) is 0 Å². The minimum absolute atomic E-state index is 0.258. The molecule has 0 aromatic rings. The fourth-order valence-corrected chi connectivity index (χ4v) is 0.690. The first kappa shape index (κ1) is 12.2. The van der Waals surface area contributed by atoms with E-state index in [1.165, 1.54) is 0 Å². The number of carbonyl (C=O) groups is 3. The number of aliphatic carboxylic acids is 1. The highest BCUT2D eigenvalue weighted by Crippen LogP contribution is 2.04. The fourth-order valence-electron chi connectivity index (χ4n) is 0.690. The van der Waals surface area contributed by atoms with E-state index in [0.29, 0.717) is 6.08 Å². The highest BCUT2D eigenvalue weighted by atomic mass is 16.5. The summed E-state index contributed by atoms with van der Waals surface area (Å²) in [7, 11) is 2.23. The van der Waals surface area contributed by atoms with Gasteiger partial charge in [-0.3, -0.25) is 4.79 Å². The van der Waals surface area contributed by atoms with Gasteiger partial charge in [-0.2, -0.15) is 0 Å². The Morgan fingerprint density at radius 1 is 1.21 bits per heavy atom. The molecular formula is C8H10O6. The maximum atomic E-state index is 10.9. The first-order chi connectivity index (χ1) is 6.51. The third kappa shape index (κ3) is 4.24. The second kappa shape index (κ2) is 5.74. The lowest BCUT2D eigenvalue weighted by Gasteiger charge is -2.02. The first-order valence-electron chi connectivity index (χ1n) is 3.60. The van der Waals surface area contributed by atoms with Crippen LogP contribution in [0.2, 0.25) is 0 Å².